The Balaban J connectivity index is 1.25. The Morgan fingerprint density at radius 2 is 1.86 bits per heavy atom. The van der Waals surface area contributed by atoms with Crippen LogP contribution in [0.3, 0.4) is 0 Å². The molecule has 1 aromatic heterocycles. The first kappa shape index (κ1) is 23.4. The highest BCUT2D eigenvalue weighted by atomic mass is 16.5. The number of hydrogen-bond donors (Lipinski definition) is 2. The fourth-order valence-corrected chi connectivity index (χ4v) is 5.62. The molecule has 3 heterocycles. The third kappa shape index (κ3) is 4.50. The molecule has 2 atom stereocenters. The molecule has 0 bridgehead atoms. The minimum Gasteiger partial charge on any atom is -0.476 e. The van der Waals surface area contributed by atoms with Gasteiger partial charge in [0.25, 0.3) is 5.91 Å². The summed E-state index contributed by atoms with van der Waals surface area (Å²) in [5, 5.41) is 16.5. The molecule has 1 saturated heterocycles. The molecule has 2 N–H and O–H groups in total. The van der Waals surface area contributed by atoms with Crippen molar-refractivity contribution in [3.8, 4) is 0 Å². The van der Waals surface area contributed by atoms with Gasteiger partial charge in [-0.3, -0.25) is 14.8 Å². The van der Waals surface area contributed by atoms with Gasteiger partial charge in [-0.2, -0.15) is 5.10 Å². The quantitative estimate of drug-likeness (QED) is 0.413. The van der Waals surface area contributed by atoms with Gasteiger partial charge in [-0.25, -0.2) is 4.79 Å². The lowest BCUT2D eigenvalue weighted by Crippen LogP contribution is -2.45. The molecule has 2 unspecified atom stereocenters. The van der Waals surface area contributed by atoms with Crippen molar-refractivity contribution in [1.82, 2.24) is 15.1 Å². The van der Waals surface area contributed by atoms with E-state index in [2.05, 4.69) is 45.4 Å². The van der Waals surface area contributed by atoms with Gasteiger partial charge in [0, 0.05) is 48.2 Å². The van der Waals surface area contributed by atoms with Crippen molar-refractivity contribution in [2.24, 2.45) is 0 Å². The number of rotatable bonds is 6. The number of H-pyrrole nitrogens is 1. The van der Waals surface area contributed by atoms with Gasteiger partial charge >= 0.3 is 5.97 Å². The van der Waals surface area contributed by atoms with Gasteiger partial charge in [0.1, 0.15) is 0 Å². The number of aromatic amines is 1. The predicted molar refractivity (Wildman–Crippen MR) is 140 cm³/mol. The van der Waals surface area contributed by atoms with E-state index >= 15 is 0 Å². The van der Waals surface area contributed by atoms with Crippen molar-refractivity contribution in [3.63, 3.8) is 0 Å². The van der Waals surface area contributed by atoms with E-state index in [9.17, 15) is 14.7 Å². The first-order chi connectivity index (χ1) is 18.1. The van der Waals surface area contributed by atoms with Crippen LogP contribution in [0.1, 0.15) is 44.3 Å². The number of carbonyl (C=O) groups is 2. The van der Waals surface area contributed by atoms with E-state index in [0.29, 0.717) is 29.6 Å². The summed E-state index contributed by atoms with van der Waals surface area (Å²) in [7, 11) is 0. The number of morpholine rings is 1. The van der Waals surface area contributed by atoms with E-state index in [0.717, 1.165) is 37.4 Å². The molecule has 0 saturated carbocycles. The zero-order chi connectivity index (χ0) is 25.4. The van der Waals surface area contributed by atoms with Crippen molar-refractivity contribution in [2.75, 3.05) is 31.2 Å². The van der Waals surface area contributed by atoms with Crippen LogP contribution in [0.2, 0.25) is 0 Å². The molecule has 0 radical (unpaired) electrons. The maximum absolute atomic E-state index is 13.7. The van der Waals surface area contributed by atoms with Crippen LogP contribution >= 0.6 is 0 Å². The summed E-state index contributed by atoms with van der Waals surface area (Å²) in [6.07, 6.45) is 0.886. The van der Waals surface area contributed by atoms with Crippen LogP contribution in [0.25, 0.3) is 10.9 Å². The first-order valence-corrected chi connectivity index (χ1v) is 12.6. The SMILES string of the molecule is O=C(O)c1n[nH]c2ccc(C(=O)N3CC(CC4COCCN4Cc4ccccc4)c4ccccc43)cc12. The van der Waals surface area contributed by atoms with Crippen LogP contribution in [0.5, 0.6) is 0 Å². The minimum absolute atomic E-state index is 0.0832. The Kier molecular flexibility index (Phi) is 6.20. The molecule has 0 aliphatic carbocycles. The number of ether oxygens (including phenoxy) is 1. The molecular formula is C29H28N4O4. The van der Waals surface area contributed by atoms with E-state index in [1.54, 1.807) is 18.2 Å². The number of para-hydroxylation sites is 1. The molecule has 8 nitrogen and oxygen atoms in total. The normalized spacial score (nSPS) is 19.7. The molecular weight excluding hydrogens is 468 g/mol. The highest BCUT2D eigenvalue weighted by Crippen LogP contribution is 2.40. The summed E-state index contributed by atoms with van der Waals surface area (Å²) in [4.78, 5) is 29.6. The number of aromatic carboxylic acids is 1. The topological polar surface area (TPSA) is 98.8 Å². The second-order valence-corrected chi connectivity index (χ2v) is 9.73. The molecule has 37 heavy (non-hydrogen) atoms. The maximum Gasteiger partial charge on any atom is 0.357 e. The number of aromatic nitrogens is 2. The Morgan fingerprint density at radius 1 is 1.05 bits per heavy atom. The van der Waals surface area contributed by atoms with Gasteiger partial charge in [-0.1, -0.05) is 48.5 Å². The number of benzene rings is 3. The zero-order valence-electron chi connectivity index (χ0n) is 20.3. The number of anilines is 1. The molecule has 2 aliphatic rings. The molecule has 0 spiro atoms. The molecule has 8 heteroatoms. The molecule has 4 aromatic rings. The summed E-state index contributed by atoms with van der Waals surface area (Å²) in [6.45, 7) is 3.73. The molecule has 1 amide bonds. The van der Waals surface area contributed by atoms with Crippen molar-refractivity contribution < 1.29 is 19.4 Å². The lowest BCUT2D eigenvalue weighted by Gasteiger charge is -2.37. The second-order valence-electron chi connectivity index (χ2n) is 9.73. The van der Waals surface area contributed by atoms with Crippen LogP contribution in [0, 0.1) is 0 Å². The third-order valence-electron chi connectivity index (χ3n) is 7.46. The minimum atomic E-state index is -1.13. The number of hydrogen-bond acceptors (Lipinski definition) is 5. The summed E-state index contributed by atoms with van der Waals surface area (Å²) >= 11 is 0. The molecule has 2 aliphatic heterocycles. The number of nitrogens with one attached hydrogen (secondary N) is 1. The lowest BCUT2D eigenvalue weighted by atomic mass is 9.93. The highest BCUT2D eigenvalue weighted by Gasteiger charge is 2.36. The average molecular weight is 497 g/mol. The van der Waals surface area contributed by atoms with Crippen molar-refractivity contribution in [1.29, 1.82) is 0 Å². The van der Waals surface area contributed by atoms with Crippen LogP contribution in [-0.2, 0) is 11.3 Å². The fraction of sp³-hybridized carbons (Fsp3) is 0.276. The van der Waals surface area contributed by atoms with E-state index in [1.165, 1.54) is 5.56 Å². The summed E-state index contributed by atoms with van der Waals surface area (Å²) in [6, 6.07) is 23.9. The Morgan fingerprint density at radius 3 is 2.70 bits per heavy atom. The Hall–Kier alpha value is -4.01. The van der Waals surface area contributed by atoms with Crippen molar-refractivity contribution >= 4 is 28.5 Å². The number of amides is 1. The van der Waals surface area contributed by atoms with Crippen LogP contribution in [-0.4, -0.2) is 64.4 Å². The van der Waals surface area contributed by atoms with Crippen molar-refractivity contribution in [3.05, 3.63) is 95.2 Å². The molecule has 188 valence electrons. The van der Waals surface area contributed by atoms with Gasteiger partial charge in [0.15, 0.2) is 5.69 Å². The van der Waals surface area contributed by atoms with E-state index in [-0.39, 0.29) is 23.6 Å². The van der Waals surface area contributed by atoms with Gasteiger partial charge in [0.2, 0.25) is 0 Å². The molecule has 3 aromatic carbocycles. The average Bonchev–Trinajstić information content (AvgIpc) is 3.52. The number of carboxylic acid groups (broad SMARTS) is 1. The number of carbonyl (C=O) groups excluding carboxylic acids is 1. The second kappa shape index (κ2) is 9.80. The van der Waals surface area contributed by atoms with Gasteiger partial charge in [-0.05, 0) is 41.8 Å². The summed E-state index contributed by atoms with van der Waals surface area (Å²) < 4.78 is 5.88. The zero-order valence-corrected chi connectivity index (χ0v) is 20.3. The van der Waals surface area contributed by atoms with Crippen LogP contribution in [0.15, 0.2) is 72.8 Å². The smallest absolute Gasteiger partial charge is 0.357 e. The van der Waals surface area contributed by atoms with E-state index < -0.39 is 5.97 Å². The number of fused-ring (bicyclic) bond motifs is 2. The fourth-order valence-electron chi connectivity index (χ4n) is 5.62. The monoisotopic (exact) mass is 496 g/mol. The van der Waals surface area contributed by atoms with Crippen LogP contribution < -0.4 is 4.90 Å². The highest BCUT2D eigenvalue weighted by molar-refractivity contribution is 6.10. The Bertz CT molecular complexity index is 1450. The van der Waals surface area contributed by atoms with Gasteiger partial charge < -0.3 is 14.7 Å². The summed E-state index contributed by atoms with van der Waals surface area (Å²) in [5.41, 5.74) is 4.31. The molecule has 6 rings (SSSR count). The Labute approximate surface area is 214 Å². The first-order valence-electron chi connectivity index (χ1n) is 12.6. The molecule has 1 fully saturated rings. The summed E-state index contributed by atoms with van der Waals surface area (Å²) in [5.74, 6) is -1.09. The lowest BCUT2D eigenvalue weighted by molar-refractivity contribution is -0.0165. The van der Waals surface area contributed by atoms with E-state index in [1.807, 2.05) is 29.2 Å². The van der Waals surface area contributed by atoms with Gasteiger partial charge in [0.05, 0.1) is 18.7 Å². The maximum atomic E-state index is 13.7. The number of carboxylic acids is 1. The van der Waals surface area contributed by atoms with E-state index in [4.69, 9.17) is 4.74 Å². The van der Waals surface area contributed by atoms with Gasteiger partial charge in [-0.15, -0.1) is 0 Å². The predicted octanol–water partition coefficient (Wildman–Crippen LogP) is 4.30. The third-order valence-corrected chi connectivity index (χ3v) is 7.46. The standard InChI is InChI=1S/C29H28N4O4/c34-28(20-10-11-25-24(15-20)27(29(35)36)31-30-25)33-17-21(23-8-4-5-9-26(23)33)14-22-18-37-13-12-32(22)16-19-6-2-1-3-7-19/h1-11,15,21-22H,12-14,16-18H2,(H,30,31)(H,35,36). The largest absolute Gasteiger partial charge is 0.476 e. The number of nitrogens with zero attached hydrogens (tertiary/aromatic N) is 3. The van der Waals surface area contributed by atoms with Crippen molar-refractivity contribution in [2.45, 2.75) is 24.9 Å². The van der Waals surface area contributed by atoms with Crippen LogP contribution in [0.4, 0.5) is 5.69 Å².